The summed E-state index contributed by atoms with van der Waals surface area (Å²) in [7, 11) is 1.79. The molecule has 2 rings (SSSR count). The van der Waals surface area contributed by atoms with Gasteiger partial charge in [0, 0.05) is 19.4 Å². The van der Waals surface area contributed by atoms with Crippen molar-refractivity contribution in [2.75, 3.05) is 12.4 Å². The highest BCUT2D eigenvalue weighted by molar-refractivity contribution is 6.31. The number of nitrogens with zero attached hydrogens (tertiary/aromatic N) is 4. The van der Waals surface area contributed by atoms with Gasteiger partial charge in [0.05, 0.1) is 17.3 Å². The zero-order valence-electron chi connectivity index (χ0n) is 9.18. The fourth-order valence-corrected chi connectivity index (χ4v) is 1.61. The van der Waals surface area contributed by atoms with E-state index in [4.69, 9.17) is 16.9 Å². The van der Waals surface area contributed by atoms with E-state index in [9.17, 15) is 0 Å². The average molecular weight is 248 g/mol. The highest BCUT2D eigenvalue weighted by Gasteiger charge is 2.07. The molecule has 6 heteroatoms. The van der Waals surface area contributed by atoms with Crippen molar-refractivity contribution in [1.29, 1.82) is 5.26 Å². The maximum absolute atomic E-state index is 8.86. The van der Waals surface area contributed by atoms with Gasteiger partial charge in [-0.05, 0) is 12.1 Å². The number of hydrogen-bond donors (Lipinski definition) is 1. The third-order valence-electron chi connectivity index (χ3n) is 2.31. The summed E-state index contributed by atoms with van der Waals surface area (Å²) in [6.45, 7) is 0.428. The second-order valence-corrected chi connectivity index (χ2v) is 3.77. The Kier molecular flexibility index (Phi) is 3.26. The van der Waals surface area contributed by atoms with E-state index in [1.54, 1.807) is 36.1 Å². The van der Waals surface area contributed by atoms with Gasteiger partial charge >= 0.3 is 0 Å². The molecule has 2 heterocycles. The number of aromatic nitrogens is 3. The molecule has 17 heavy (non-hydrogen) atoms. The van der Waals surface area contributed by atoms with Crippen molar-refractivity contribution in [2.24, 2.45) is 0 Å². The van der Waals surface area contributed by atoms with Crippen LogP contribution in [0.15, 0.2) is 24.5 Å². The van der Waals surface area contributed by atoms with E-state index in [1.807, 2.05) is 6.07 Å². The number of anilines is 1. The molecule has 2 aromatic rings. The third kappa shape index (κ3) is 2.37. The number of nitriles is 1. The Morgan fingerprint density at radius 3 is 3.06 bits per heavy atom. The lowest BCUT2D eigenvalue weighted by Crippen LogP contribution is -2.05. The number of pyridine rings is 1. The molecule has 0 aliphatic heterocycles. The fraction of sp³-hybridized carbons (Fsp3) is 0.182. The summed E-state index contributed by atoms with van der Waals surface area (Å²) in [4.78, 5) is 8.26. The number of imidazole rings is 1. The Bertz CT molecular complexity index is 569. The molecule has 0 unspecified atom stereocenters. The molecular weight excluding hydrogens is 238 g/mol. The van der Waals surface area contributed by atoms with Crippen LogP contribution in [0.1, 0.15) is 11.5 Å². The largest absolute Gasteiger partial charge is 0.373 e. The van der Waals surface area contributed by atoms with Crippen LogP contribution in [0.3, 0.4) is 0 Å². The molecule has 5 nitrogen and oxygen atoms in total. The predicted octanol–water partition coefficient (Wildman–Crippen LogP) is 1.89. The van der Waals surface area contributed by atoms with E-state index < -0.39 is 0 Å². The molecule has 1 N–H and O–H groups in total. The normalized spacial score (nSPS) is 9.94. The first-order valence-corrected chi connectivity index (χ1v) is 5.37. The molecule has 2 aromatic heterocycles. The van der Waals surface area contributed by atoms with E-state index in [2.05, 4.69) is 15.3 Å². The first kappa shape index (κ1) is 11.4. The van der Waals surface area contributed by atoms with Gasteiger partial charge in [0.15, 0.2) is 0 Å². The summed E-state index contributed by atoms with van der Waals surface area (Å²) in [6, 6.07) is 5.58. The SMILES string of the molecule is CNc1ccc(Cl)c(Cn2ccnc2C#N)n1. The molecule has 86 valence electrons. The van der Waals surface area contributed by atoms with Crippen molar-refractivity contribution < 1.29 is 0 Å². The minimum Gasteiger partial charge on any atom is -0.373 e. The van der Waals surface area contributed by atoms with Crippen LogP contribution in [0.4, 0.5) is 5.82 Å². The quantitative estimate of drug-likeness (QED) is 0.900. The van der Waals surface area contributed by atoms with E-state index in [-0.39, 0.29) is 0 Å². The van der Waals surface area contributed by atoms with E-state index in [0.717, 1.165) is 5.82 Å². The molecule has 0 aliphatic carbocycles. The van der Waals surface area contributed by atoms with E-state index in [1.165, 1.54) is 0 Å². The van der Waals surface area contributed by atoms with Gasteiger partial charge in [-0.25, -0.2) is 9.97 Å². The Hall–Kier alpha value is -2.06. The molecule has 0 aromatic carbocycles. The Morgan fingerprint density at radius 1 is 1.53 bits per heavy atom. The van der Waals surface area contributed by atoms with Gasteiger partial charge in [0.2, 0.25) is 5.82 Å². The molecule has 0 radical (unpaired) electrons. The monoisotopic (exact) mass is 247 g/mol. The van der Waals surface area contributed by atoms with Gasteiger partial charge < -0.3 is 9.88 Å². The van der Waals surface area contributed by atoms with Gasteiger partial charge in [-0.15, -0.1) is 0 Å². The highest BCUT2D eigenvalue weighted by atomic mass is 35.5. The Morgan fingerprint density at radius 2 is 2.35 bits per heavy atom. The van der Waals surface area contributed by atoms with E-state index >= 15 is 0 Å². The molecule has 0 saturated heterocycles. The number of nitrogens with one attached hydrogen (secondary N) is 1. The highest BCUT2D eigenvalue weighted by Crippen LogP contribution is 2.17. The average Bonchev–Trinajstić information content (AvgIpc) is 2.79. The van der Waals surface area contributed by atoms with Crippen LogP contribution in [-0.2, 0) is 6.54 Å². The number of rotatable bonds is 3. The van der Waals surface area contributed by atoms with Crippen LogP contribution in [-0.4, -0.2) is 21.6 Å². The Balaban J connectivity index is 2.33. The number of hydrogen-bond acceptors (Lipinski definition) is 4. The van der Waals surface area contributed by atoms with Gasteiger partial charge in [-0.2, -0.15) is 5.26 Å². The molecule has 0 atom stereocenters. The van der Waals surface area contributed by atoms with Gasteiger partial charge in [0.25, 0.3) is 0 Å². The summed E-state index contributed by atoms with van der Waals surface area (Å²) in [6.07, 6.45) is 3.30. The zero-order valence-corrected chi connectivity index (χ0v) is 9.94. The van der Waals surface area contributed by atoms with Crippen molar-refractivity contribution in [3.05, 3.63) is 41.1 Å². The minimum atomic E-state index is 0.345. The van der Waals surface area contributed by atoms with Crippen LogP contribution in [0, 0.1) is 11.3 Å². The molecule has 0 amide bonds. The summed E-state index contributed by atoms with van der Waals surface area (Å²) in [5.74, 6) is 1.08. The standard InChI is InChI=1S/C11H10ClN5/c1-14-10-3-2-8(12)9(16-10)7-17-5-4-15-11(17)6-13/h2-5H,7H2,1H3,(H,14,16). The summed E-state index contributed by atoms with van der Waals surface area (Å²) >= 11 is 6.06. The fourth-order valence-electron chi connectivity index (χ4n) is 1.45. The van der Waals surface area contributed by atoms with Gasteiger partial charge in [0.1, 0.15) is 11.9 Å². The summed E-state index contributed by atoms with van der Waals surface area (Å²) in [5.41, 5.74) is 0.702. The van der Waals surface area contributed by atoms with Gasteiger partial charge in [-0.3, -0.25) is 0 Å². The molecule has 0 fully saturated rings. The van der Waals surface area contributed by atoms with Crippen molar-refractivity contribution in [1.82, 2.24) is 14.5 Å². The topological polar surface area (TPSA) is 66.5 Å². The predicted molar refractivity (Wildman–Crippen MR) is 64.8 cm³/mol. The lowest BCUT2D eigenvalue weighted by molar-refractivity contribution is 0.761. The van der Waals surface area contributed by atoms with Crippen LogP contribution >= 0.6 is 11.6 Å². The summed E-state index contributed by atoms with van der Waals surface area (Å²) in [5, 5.41) is 12.4. The van der Waals surface area contributed by atoms with Crippen LogP contribution in [0.25, 0.3) is 0 Å². The molecule has 0 aliphatic rings. The third-order valence-corrected chi connectivity index (χ3v) is 2.65. The molecule has 0 spiro atoms. The van der Waals surface area contributed by atoms with E-state index in [0.29, 0.717) is 23.1 Å². The second kappa shape index (κ2) is 4.85. The Labute approximate surface area is 104 Å². The van der Waals surface area contributed by atoms with Crippen molar-refractivity contribution in [3.63, 3.8) is 0 Å². The minimum absolute atomic E-state index is 0.345. The zero-order chi connectivity index (χ0) is 12.3. The molecule has 0 bridgehead atoms. The first-order chi connectivity index (χ1) is 8.24. The first-order valence-electron chi connectivity index (χ1n) is 4.99. The molecule has 0 saturated carbocycles. The smallest absolute Gasteiger partial charge is 0.213 e. The van der Waals surface area contributed by atoms with Crippen molar-refractivity contribution in [2.45, 2.75) is 6.54 Å². The van der Waals surface area contributed by atoms with Crippen LogP contribution < -0.4 is 5.32 Å². The number of halogens is 1. The maximum Gasteiger partial charge on any atom is 0.213 e. The summed E-state index contributed by atoms with van der Waals surface area (Å²) < 4.78 is 1.70. The van der Waals surface area contributed by atoms with Crippen LogP contribution in [0.5, 0.6) is 0 Å². The lowest BCUT2D eigenvalue weighted by Gasteiger charge is -2.07. The molecular formula is C11H10ClN5. The lowest BCUT2D eigenvalue weighted by atomic mass is 10.3. The maximum atomic E-state index is 8.86. The van der Waals surface area contributed by atoms with Gasteiger partial charge in [-0.1, -0.05) is 11.6 Å². The second-order valence-electron chi connectivity index (χ2n) is 3.37. The van der Waals surface area contributed by atoms with Crippen molar-refractivity contribution in [3.8, 4) is 6.07 Å². The van der Waals surface area contributed by atoms with Crippen LogP contribution in [0.2, 0.25) is 5.02 Å². The van der Waals surface area contributed by atoms with Crippen molar-refractivity contribution >= 4 is 17.4 Å².